The molecule has 8 nitrogen and oxygen atoms in total. The molecule has 3 N–H and O–H groups in total. The summed E-state index contributed by atoms with van der Waals surface area (Å²) in [6.07, 6.45) is 0. The van der Waals surface area contributed by atoms with E-state index in [1.807, 2.05) is 0 Å². The number of methoxy groups -OCH3 is 1. The number of nitrogen functional groups attached to an aromatic ring is 1. The van der Waals surface area contributed by atoms with Crippen LogP contribution in [0.5, 0.6) is 0 Å². The Morgan fingerprint density at radius 1 is 1.38 bits per heavy atom. The van der Waals surface area contributed by atoms with Crippen LogP contribution in [-0.4, -0.2) is 50.0 Å². The molecule has 0 bridgehead atoms. The molecule has 0 heterocycles. The topological polar surface area (TPSA) is 127 Å². The number of carbonyl (C=O) groups is 2. The van der Waals surface area contributed by atoms with Gasteiger partial charge in [0.15, 0.2) is 0 Å². The lowest BCUT2D eigenvalue weighted by Crippen LogP contribution is -2.36. The number of carbonyl (C=O) groups excluding carboxylic acids is 1. The molecule has 0 saturated heterocycles. The lowest BCUT2D eigenvalue weighted by atomic mass is 10.2. The molecule has 0 spiro atoms. The molecular formula is C12H16N2O6S. The lowest BCUT2D eigenvalue weighted by Gasteiger charge is -2.20. The zero-order valence-electron chi connectivity index (χ0n) is 11.6. The summed E-state index contributed by atoms with van der Waals surface area (Å²) in [5.41, 5.74) is 5.15. The minimum atomic E-state index is -4.15. The van der Waals surface area contributed by atoms with Crippen LogP contribution in [0.25, 0.3) is 0 Å². The van der Waals surface area contributed by atoms with Crippen molar-refractivity contribution in [2.75, 3.05) is 25.9 Å². The Kier molecular flexibility index (Phi) is 5.28. The standard InChI is InChI=1S/C12H16N2O6S/c1-3-14(7-11(15)20-2)21(18,19)10-5-4-8(13)6-9(10)12(16)17/h4-6H,3,7,13H2,1-2H3,(H,16,17). The monoisotopic (exact) mass is 316 g/mol. The molecule has 0 amide bonds. The van der Waals surface area contributed by atoms with E-state index in [9.17, 15) is 18.0 Å². The van der Waals surface area contributed by atoms with Crippen LogP contribution in [0.2, 0.25) is 0 Å². The summed E-state index contributed by atoms with van der Waals surface area (Å²) in [6, 6.07) is 3.45. The molecule has 0 radical (unpaired) electrons. The maximum Gasteiger partial charge on any atom is 0.337 e. The smallest absolute Gasteiger partial charge is 0.337 e. The third-order valence-corrected chi connectivity index (χ3v) is 4.72. The Labute approximate surface area is 122 Å². The van der Waals surface area contributed by atoms with Gasteiger partial charge in [-0.2, -0.15) is 4.31 Å². The van der Waals surface area contributed by atoms with Crippen LogP contribution in [0.3, 0.4) is 0 Å². The van der Waals surface area contributed by atoms with Crippen molar-refractivity contribution < 1.29 is 27.9 Å². The van der Waals surface area contributed by atoms with Gasteiger partial charge in [-0.05, 0) is 18.2 Å². The zero-order valence-corrected chi connectivity index (χ0v) is 12.4. The van der Waals surface area contributed by atoms with E-state index in [-0.39, 0.29) is 12.2 Å². The number of rotatable bonds is 6. The molecule has 116 valence electrons. The molecule has 0 atom stereocenters. The molecule has 0 aliphatic carbocycles. The SMILES string of the molecule is CCN(CC(=O)OC)S(=O)(=O)c1ccc(N)cc1C(=O)O. The van der Waals surface area contributed by atoms with Crippen molar-refractivity contribution in [3.8, 4) is 0 Å². The van der Waals surface area contributed by atoms with Crippen LogP contribution in [0.1, 0.15) is 17.3 Å². The molecule has 1 rings (SSSR count). The van der Waals surface area contributed by atoms with Gasteiger partial charge in [0.2, 0.25) is 10.0 Å². The second-order valence-electron chi connectivity index (χ2n) is 4.07. The highest BCUT2D eigenvalue weighted by atomic mass is 32.2. The van der Waals surface area contributed by atoms with Gasteiger partial charge in [-0.15, -0.1) is 0 Å². The Hall–Kier alpha value is -2.13. The molecule has 0 unspecified atom stereocenters. The van der Waals surface area contributed by atoms with Crippen molar-refractivity contribution >= 4 is 27.6 Å². The largest absolute Gasteiger partial charge is 0.478 e. The first-order valence-electron chi connectivity index (χ1n) is 5.93. The van der Waals surface area contributed by atoms with E-state index in [4.69, 9.17) is 10.8 Å². The normalized spacial score (nSPS) is 11.4. The number of ether oxygens (including phenoxy) is 1. The first-order valence-corrected chi connectivity index (χ1v) is 7.37. The number of hydrogen-bond acceptors (Lipinski definition) is 6. The molecule has 0 aliphatic heterocycles. The van der Waals surface area contributed by atoms with Crippen molar-refractivity contribution in [2.24, 2.45) is 0 Å². The second kappa shape index (κ2) is 6.55. The number of nitrogens with two attached hydrogens (primary N) is 1. The molecule has 21 heavy (non-hydrogen) atoms. The van der Waals surface area contributed by atoms with Crippen molar-refractivity contribution in [2.45, 2.75) is 11.8 Å². The van der Waals surface area contributed by atoms with Gasteiger partial charge in [0.1, 0.15) is 6.54 Å². The number of nitrogens with zero attached hydrogens (tertiary/aromatic N) is 1. The molecule has 1 aromatic rings. The number of esters is 1. The van der Waals surface area contributed by atoms with Gasteiger partial charge in [-0.1, -0.05) is 6.92 Å². The highest BCUT2D eigenvalue weighted by Crippen LogP contribution is 2.22. The van der Waals surface area contributed by atoms with E-state index < -0.39 is 39.0 Å². The van der Waals surface area contributed by atoms with Gasteiger partial charge in [0.25, 0.3) is 0 Å². The first-order chi connectivity index (χ1) is 9.73. The quantitative estimate of drug-likeness (QED) is 0.565. The molecule has 0 saturated carbocycles. The van der Waals surface area contributed by atoms with Gasteiger partial charge in [-0.25, -0.2) is 13.2 Å². The van der Waals surface area contributed by atoms with Crippen molar-refractivity contribution in [3.63, 3.8) is 0 Å². The van der Waals surface area contributed by atoms with E-state index in [0.717, 1.165) is 23.5 Å². The average Bonchev–Trinajstić information content (AvgIpc) is 2.43. The van der Waals surface area contributed by atoms with Crippen LogP contribution in [0.4, 0.5) is 5.69 Å². The zero-order chi connectivity index (χ0) is 16.2. The summed E-state index contributed by atoms with van der Waals surface area (Å²) in [5, 5.41) is 9.11. The minimum Gasteiger partial charge on any atom is -0.478 e. The van der Waals surface area contributed by atoms with Crippen LogP contribution >= 0.6 is 0 Å². The Morgan fingerprint density at radius 2 is 2.00 bits per heavy atom. The number of aromatic carboxylic acids is 1. The number of carboxylic acids is 1. The predicted molar refractivity (Wildman–Crippen MR) is 74.3 cm³/mol. The molecule has 9 heteroatoms. The maximum atomic E-state index is 12.5. The van der Waals surface area contributed by atoms with E-state index in [0.29, 0.717) is 0 Å². The Bertz CT molecular complexity index is 656. The van der Waals surface area contributed by atoms with Gasteiger partial charge >= 0.3 is 11.9 Å². The van der Waals surface area contributed by atoms with Crippen LogP contribution in [-0.2, 0) is 19.6 Å². The summed E-state index contributed by atoms with van der Waals surface area (Å²) in [6.45, 7) is 1.01. The highest BCUT2D eigenvalue weighted by molar-refractivity contribution is 7.89. The number of sulfonamides is 1. The van der Waals surface area contributed by atoms with E-state index >= 15 is 0 Å². The summed E-state index contributed by atoms with van der Waals surface area (Å²) >= 11 is 0. The maximum absolute atomic E-state index is 12.5. The third-order valence-electron chi connectivity index (χ3n) is 2.74. The van der Waals surface area contributed by atoms with Crippen LogP contribution in [0.15, 0.2) is 23.1 Å². The predicted octanol–water partition coefficient (Wildman–Crippen LogP) is 0.151. The van der Waals surface area contributed by atoms with Gasteiger partial charge < -0.3 is 15.6 Å². The number of likely N-dealkylation sites (N-methyl/N-ethyl adjacent to an activating group) is 1. The summed E-state index contributed by atoms with van der Waals surface area (Å²) in [5.74, 6) is -2.16. The van der Waals surface area contributed by atoms with E-state index in [2.05, 4.69) is 4.74 Å². The number of carboxylic acid groups (broad SMARTS) is 1. The second-order valence-corrected chi connectivity index (χ2v) is 5.97. The van der Waals surface area contributed by atoms with E-state index in [1.54, 1.807) is 0 Å². The van der Waals surface area contributed by atoms with Crippen molar-refractivity contribution in [1.82, 2.24) is 4.31 Å². The molecule has 0 fully saturated rings. The lowest BCUT2D eigenvalue weighted by molar-refractivity contribution is -0.140. The fraction of sp³-hybridized carbons (Fsp3) is 0.333. The number of anilines is 1. The van der Waals surface area contributed by atoms with Crippen LogP contribution < -0.4 is 5.73 Å². The van der Waals surface area contributed by atoms with Crippen molar-refractivity contribution in [3.05, 3.63) is 23.8 Å². The number of benzene rings is 1. The molecule has 0 aliphatic rings. The van der Waals surface area contributed by atoms with E-state index in [1.165, 1.54) is 13.0 Å². The van der Waals surface area contributed by atoms with Gasteiger partial charge in [0, 0.05) is 12.2 Å². The molecule has 0 aromatic heterocycles. The molecule has 1 aromatic carbocycles. The van der Waals surface area contributed by atoms with Crippen LogP contribution in [0, 0.1) is 0 Å². The first kappa shape index (κ1) is 16.9. The Morgan fingerprint density at radius 3 is 2.48 bits per heavy atom. The van der Waals surface area contributed by atoms with Gasteiger partial charge in [0.05, 0.1) is 17.6 Å². The average molecular weight is 316 g/mol. The summed E-state index contributed by atoms with van der Waals surface area (Å²) < 4.78 is 30.2. The minimum absolute atomic E-state index is 0.0130. The third kappa shape index (κ3) is 3.70. The fourth-order valence-corrected chi connectivity index (χ4v) is 3.21. The molecular weight excluding hydrogens is 300 g/mol. The summed E-state index contributed by atoms with van der Waals surface area (Å²) in [4.78, 5) is 22.0. The Balaban J connectivity index is 3.35. The van der Waals surface area contributed by atoms with Gasteiger partial charge in [-0.3, -0.25) is 4.79 Å². The van der Waals surface area contributed by atoms with Crippen molar-refractivity contribution in [1.29, 1.82) is 0 Å². The highest BCUT2D eigenvalue weighted by Gasteiger charge is 2.29. The summed E-state index contributed by atoms with van der Waals surface area (Å²) in [7, 11) is -3.02. The fourth-order valence-electron chi connectivity index (χ4n) is 1.65. The number of hydrogen-bond donors (Lipinski definition) is 2.